The average Bonchev–Trinajstić information content (AvgIpc) is 3.24. The number of aryl methyl sites for hydroxylation is 1. The second-order valence-corrected chi connectivity index (χ2v) is 8.61. The lowest BCUT2D eigenvalue weighted by atomic mass is 9.94. The molecule has 1 aliphatic heterocycles. The lowest BCUT2D eigenvalue weighted by Gasteiger charge is -2.30. The average molecular weight is 419 g/mol. The zero-order valence-electron chi connectivity index (χ0n) is 18.5. The van der Waals surface area contributed by atoms with E-state index in [-0.39, 0.29) is 11.8 Å². The first-order valence-electron chi connectivity index (χ1n) is 11.0. The van der Waals surface area contributed by atoms with Gasteiger partial charge >= 0.3 is 0 Å². The summed E-state index contributed by atoms with van der Waals surface area (Å²) >= 11 is 0. The number of benzene rings is 2. The number of hydrogen-bond acceptors (Lipinski definition) is 5. The highest BCUT2D eigenvalue weighted by molar-refractivity contribution is 5.94. The number of carbonyl (C=O) groups is 1. The molecule has 0 bridgehead atoms. The first-order chi connectivity index (χ1) is 15.0. The van der Waals surface area contributed by atoms with Crippen molar-refractivity contribution in [2.24, 2.45) is 5.92 Å². The second-order valence-electron chi connectivity index (χ2n) is 8.61. The summed E-state index contributed by atoms with van der Waals surface area (Å²) in [5, 5.41) is 7.31. The molecule has 2 heterocycles. The summed E-state index contributed by atoms with van der Waals surface area (Å²) in [6.45, 7) is 8.66. The van der Waals surface area contributed by atoms with Crippen molar-refractivity contribution >= 4 is 11.6 Å². The smallest absolute Gasteiger partial charge is 0.241 e. The number of likely N-dealkylation sites (tertiary alicyclic amines) is 1. The Morgan fingerprint density at radius 3 is 2.58 bits per heavy atom. The molecule has 0 spiro atoms. The molecule has 2 aromatic carbocycles. The molecule has 1 amide bonds. The summed E-state index contributed by atoms with van der Waals surface area (Å²) in [5.41, 5.74) is 4.23. The van der Waals surface area contributed by atoms with Crippen LogP contribution in [0.2, 0.25) is 0 Å². The van der Waals surface area contributed by atoms with Crippen molar-refractivity contribution in [2.75, 3.05) is 18.4 Å². The summed E-state index contributed by atoms with van der Waals surface area (Å²) in [5.74, 6) is 1.75. The van der Waals surface area contributed by atoms with Crippen LogP contribution in [0.3, 0.4) is 0 Å². The molecular weight excluding hydrogens is 388 g/mol. The van der Waals surface area contributed by atoms with Gasteiger partial charge < -0.3 is 9.84 Å². The van der Waals surface area contributed by atoms with Crippen LogP contribution in [-0.2, 0) is 11.3 Å². The standard InChI is InChI=1S/C25H30N4O2/c1-17(2)21-11-7-8-18(3)23(21)27-25(30)20-12-14-29(15-13-20)16-22-26-24(28-31-22)19-9-5-4-6-10-19/h4-11,17,20H,12-16H2,1-3H3,(H,27,30). The minimum absolute atomic E-state index is 0.0263. The molecule has 0 unspecified atom stereocenters. The van der Waals surface area contributed by atoms with Gasteiger partial charge in [-0.3, -0.25) is 9.69 Å². The zero-order valence-corrected chi connectivity index (χ0v) is 18.5. The SMILES string of the molecule is Cc1cccc(C(C)C)c1NC(=O)C1CCN(Cc2nc(-c3ccccc3)no2)CC1. The van der Waals surface area contributed by atoms with Crippen molar-refractivity contribution in [1.82, 2.24) is 15.0 Å². The number of para-hydroxylation sites is 1. The van der Waals surface area contributed by atoms with Gasteiger partial charge in [-0.05, 0) is 49.9 Å². The highest BCUT2D eigenvalue weighted by Gasteiger charge is 2.27. The van der Waals surface area contributed by atoms with E-state index in [1.165, 1.54) is 5.56 Å². The minimum atomic E-state index is 0.0263. The first-order valence-corrected chi connectivity index (χ1v) is 11.0. The van der Waals surface area contributed by atoms with E-state index < -0.39 is 0 Å². The van der Waals surface area contributed by atoms with Crippen LogP contribution in [0.1, 0.15) is 49.6 Å². The Morgan fingerprint density at radius 2 is 1.87 bits per heavy atom. The van der Waals surface area contributed by atoms with Gasteiger partial charge in [-0.25, -0.2) is 0 Å². The van der Waals surface area contributed by atoms with Crippen molar-refractivity contribution in [1.29, 1.82) is 0 Å². The number of nitrogens with one attached hydrogen (secondary N) is 1. The molecule has 1 fully saturated rings. The highest BCUT2D eigenvalue weighted by Crippen LogP contribution is 2.29. The molecule has 31 heavy (non-hydrogen) atoms. The predicted molar refractivity (Wildman–Crippen MR) is 122 cm³/mol. The number of nitrogens with zero attached hydrogens (tertiary/aromatic N) is 3. The highest BCUT2D eigenvalue weighted by atomic mass is 16.5. The fraction of sp³-hybridized carbons (Fsp3) is 0.400. The van der Waals surface area contributed by atoms with Crippen LogP contribution in [0, 0.1) is 12.8 Å². The number of carbonyl (C=O) groups excluding carboxylic acids is 1. The third-order valence-electron chi connectivity index (χ3n) is 5.99. The molecule has 0 aliphatic carbocycles. The van der Waals surface area contributed by atoms with Crippen molar-refractivity contribution in [3.63, 3.8) is 0 Å². The molecule has 3 aromatic rings. The van der Waals surface area contributed by atoms with Crippen LogP contribution >= 0.6 is 0 Å². The monoisotopic (exact) mass is 418 g/mol. The molecule has 1 N–H and O–H groups in total. The van der Waals surface area contributed by atoms with E-state index in [0.717, 1.165) is 42.7 Å². The van der Waals surface area contributed by atoms with Gasteiger partial charge in [-0.15, -0.1) is 0 Å². The van der Waals surface area contributed by atoms with Gasteiger partial charge in [0.05, 0.1) is 6.54 Å². The lowest BCUT2D eigenvalue weighted by Crippen LogP contribution is -2.38. The fourth-order valence-electron chi connectivity index (χ4n) is 4.14. The van der Waals surface area contributed by atoms with Crippen molar-refractivity contribution in [3.05, 3.63) is 65.5 Å². The maximum absolute atomic E-state index is 12.9. The van der Waals surface area contributed by atoms with Crippen LogP contribution < -0.4 is 5.32 Å². The number of aromatic nitrogens is 2. The van der Waals surface area contributed by atoms with Crippen LogP contribution in [0.25, 0.3) is 11.4 Å². The summed E-state index contributed by atoms with van der Waals surface area (Å²) in [7, 11) is 0. The predicted octanol–water partition coefficient (Wildman–Crippen LogP) is 5.02. The normalized spacial score (nSPS) is 15.4. The summed E-state index contributed by atoms with van der Waals surface area (Å²) in [6.07, 6.45) is 1.66. The van der Waals surface area contributed by atoms with E-state index in [1.807, 2.05) is 30.3 Å². The number of amides is 1. The van der Waals surface area contributed by atoms with Crippen molar-refractivity contribution in [2.45, 2.75) is 46.1 Å². The molecular formula is C25H30N4O2. The number of anilines is 1. The van der Waals surface area contributed by atoms with E-state index in [4.69, 9.17) is 4.52 Å². The number of hydrogen-bond donors (Lipinski definition) is 1. The van der Waals surface area contributed by atoms with Gasteiger partial charge in [-0.2, -0.15) is 4.98 Å². The molecule has 6 nitrogen and oxygen atoms in total. The van der Waals surface area contributed by atoms with Crippen LogP contribution in [0.5, 0.6) is 0 Å². The largest absolute Gasteiger partial charge is 0.338 e. The van der Waals surface area contributed by atoms with Gasteiger partial charge in [-0.1, -0.05) is 67.5 Å². The Bertz CT molecular complexity index is 1020. The second kappa shape index (κ2) is 9.43. The Kier molecular flexibility index (Phi) is 6.47. The summed E-state index contributed by atoms with van der Waals surface area (Å²) in [4.78, 5) is 19.7. The van der Waals surface area contributed by atoms with Crippen LogP contribution in [0.15, 0.2) is 53.1 Å². The molecule has 0 saturated carbocycles. The van der Waals surface area contributed by atoms with Gasteiger partial charge in [0, 0.05) is 17.2 Å². The molecule has 0 radical (unpaired) electrons. The molecule has 162 valence electrons. The minimum Gasteiger partial charge on any atom is -0.338 e. The van der Waals surface area contributed by atoms with E-state index >= 15 is 0 Å². The van der Waals surface area contributed by atoms with Gasteiger partial charge in [0.25, 0.3) is 0 Å². The summed E-state index contributed by atoms with van der Waals surface area (Å²) < 4.78 is 5.44. The van der Waals surface area contributed by atoms with Crippen molar-refractivity contribution in [3.8, 4) is 11.4 Å². The molecule has 1 aliphatic rings. The quantitative estimate of drug-likeness (QED) is 0.609. The Morgan fingerprint density at radius 1 is 1.13 bits per heavy atom. The molecule has 1 saturated heterocycles. The van der Waals surface area contributed by atoms with E-state index in [2.05, 4.69) is 59.3 Å². The van der Waals surface area contributed by atoms with Gasteiger partial charge in [0.1, 0.15) is 0 Å². The Balaban J connectivity index is 1.32. The topological polar surface area (TPSA) is 71.3 Å². The Hall–Kier alpha value is -2.99. The maximum Gasteiger partial charge on any atom is 0.241 e. The number of rotatable bonds is 6. The van der Waals surface area contributed by atoms with Crippen molar-refractivity contribution < 1.29 is 9.32 Å². The zero-order chi connectivity index (χ0) is 21.8. The van der Waals surface area contributed by atoms with E-state index in [1.54, 1.807) is 0 Å². The van der Waals surface area contributed by atoms with E-state index in [0.29, 0.717) is 24.2 Å². The molecule has 0 atom stereocenters. The van der Waals surface area contributed by atoms with Gasteiger partial charge in [0.2, 0.25) is 17.6 Å². The Labute approximate surface area is 183 Å². The lowest BCUT2D eigenvalue weighted by molar-refractivity contribution is -0.121. The van der Waals surface area contributed by atoms with Crippen LogP contribution in [-0.4, -0.2) is 34.0 Å². The first kappa shape index (κ1) is 21.2. The maximum atomic E-state index is 12.9. The fourth-order valence-corrected chi connectivity index (χ4v) is 4.14. The van der Waals surface area contributed by atoms with Gasteiger partial charge in [0.15, 0.2) is 0 Å². The molecule has 6 heteroatoms. The van der Waals surface area contributed by atoms with Crippen LogP contribution in [0.4, 0.5) is 5.69 Å². The third-order valence-corrected chi connectivity index (χ3v) is 5.99. The molecule has 4 rings (SSSR count). The third kappa shape index (κ3) is 5.02. The summed E-state index contributed by atoms with van der Waals surface area (Å²) in [6, 6.07) is 16.0. The molecule has 1 aromatic heterocycles. The number of piperidine rings is 1. The van der Waals surface area contributed by atoms with E-state index in [9.17, 15) is 4.79 Å².